The quantitative estimate of drug-likeness (QED) is 0.739. The standard InChI is InChI=1S/C19H18N2/c1-4-14-13-9-5-7-11-16(13)20-18-19(14,2)15-10-6-8-12-17(15)21(18)3/h1,5-12,14,18,20H,2-3H3/t14-,18+,19-/m1/s1. The number of para-hydroxylation sites is 2. The summed E-state index contributed by atoms with van der Waals surface area (Å²) in [7, 11) is 2.14. The van der Waals surface area contributed by atoms with Crippen LogP contribution in [0, 0.1) is 12.3 Å². The second-order valence-corrected chi connectivity index (χ2v) is 6.14. The highest BCUT2D eigenvalue weighted by molar-refractivity contribution is 5.72. The molecule has 0 amide bonds. The SMILES string of the molecule is C#C[C@@H]1c2ccccc2N[C@H]2N(C)c3ccccc3[C@@]12C. The lowest BCUT2D eigenvalue weighted by molar-refractivity contribution is 0.376. The van der Waals surface area contributed by atoms with Gasteiger partial charge in [-0.2, -0.15) is 0 Å². The highest BCUT2D eigenvalue weighted by Crippen LogP contribution is 2.55. The van der Waals surface area contributed by atoms with E-state index >= 15 is 0 Å². The Hall–Kier alpha value is -2.40. The molecule has 0 saturated carbocycles. The minimum Gasteiger partial charge on any atom is -0.364 e. The van der Waals surface area contributed by atoms with Gasteiger partial charge in [0, 0.05) is 18.4 Å². The molecule has 0 radical (unpaired) electrons. The van der Waals surface area contributed by atoms with Crippen LogP contribution in [0.25, 0.3) is 0 Å². The lowest BCUT2D eigenvalue weighted by Gasteiger charge is -2.45. The zero-order chi connectivity index (χ0) is 14.6. The van der Waals surface area contributed by atoms with E-state index in [-0.39, 0.29) is 17.5 Å². The van der Waals surface area contributed by atoms with Crippen molar-refractivity contribution in [3.8, 4) is 12.3 Å². The van der Waals surface area contributed by atoms with Crippen molar-refractivity contribution in [2.45, 2.75) is 24.4 Å². The van der Waals surface area contributed by atoms with E-state index in [4.69, 9.17) is 6.42 Å². The molecule has 104 valence electrons. The average molecular weight is 274 g/mol. The lowest BCUT2D eigenvalue weighted by atomic mass is 9.66. The Morgan fingerprint density at radius 1 is 1.14 bits per heavy atom. The van der Waals surface area contributed by atoms with Crippen LogP contribution in [0.1, 0.15) is 24.0 Å². The van der Waals surface area contributed by atoms with Gasteiger partial charge in [0.25, 0.3) is 0 Å². The van der Waals surface area contributed by atoms with E-state index < -0.39 is 0 Å². The molecular weight excluding hydrogens is 256 g/mol. The first-order chi connectivity index (χ1) is 10.2. The molecule has 2 aromatic rings. The molecular formula is C19H18N2. The Morgan fingerprint density at radius 3 is 2.67 bits per heavy atom. The molecule has 1 N–H and O–H groups in total. The fourth-order valence-electron chi connectivity index (χ4n) is 4.10. The number of nitrogens with zero attached hydrogens (tertiary/aromatic N) is 1. The summed E-state index contributed by atoms with van der Waals surface area (Å²) in [6.07, 6.45) is 6.15. The van der Waals surface area contributed by atoms with E-state index in [2.05, 4.69) is 78.6 Å². The molecule has 21 heavy (non-hydrogen) atoms. The van der Waals surface area contributed by atoms with E-state index in [1.807, 2.05) is 0 Å². The summed E-state index contributed by atoms with van der Waals surface area (Å²) >= 11 is 0. The third kappa shape index (κ3) is 1.39. The lowest BCUT2D eigenvalue weighted by Crippen LogP contribution is -2.52. The summed E-state index contributed by atoms with van der Waals surface area (Å²) in [5, 5.41) is 3.69. The number of likely N-dealkylation sites (N-methyl/N-ethyl adjacent to an activating group) is 1. The van der Waals surface area contributed by atoms with Gasteiger partial charge in [-0.1, -0.05) is 49.2 Å². The van der Waals surface area contributed by atoms with E-state index in [0.29, 0.717) is 0 Å². The van der Waals surface area contributed by atoms with Crippen molar-refractivity contribution in [3.63, 3.8) is 0 Å². The molecule has 0 aliphatic carbocycles. The van der Waals surface area contributed by atoms with Gasteiger partial charge < -0.3 is 10.2 Å². The van der Waals surface area contributed by atoms with Gasteiger partial charge in [0.15, 0.2) is 0 Å². The molecule has 0 unspecified atom stereocenters. The number of nitrogens with one attached hydrogen (secondary N) is 1. The van der Waals surface area contributed by atoms with Crippen molar-refractivity contribution in [2.24, 2.45) is 0 Å². The Balaban J connectivity index is 2.00. The molecule has 2 heterocycles. The molecule has 2 nitrogen and oxygen atoms in total. The topological polar surface area (TPSA) is 15.3 Å². The Bertz CT molecular complexity index is 758. The molecule has 2 aliphatic rings. The Morgan fingerprint density at radius 2 is 1.86 bits per heavy atom. The van der Waals surface area contributed by atoms with Crippen LogP contribution in [-0.4, -0.2) is 13.2 Å². The minimum atomic E-state index is -0.117. The van der Waals surface area contributed by atoms with Gasteiger partial charge in [0.2, 0.25) is 0 Å². The van der Waals surface area contributed by atoms with E-state index in [0.717, 1.165) is 5.69 Å². The van der Waals surface area contributed by atoms with Crippen LogP contribution in [0.15, 0.2) is 48.5 Å². The summed E-state index contributed by atoms with van der Waals surface area (Å²) in [5.74, 6) is 3.14. The third-order valence-electron chi connectivity index (χ3n) is 5.15. The zero-order valence-corrected chi connectivity index (χ0v) is 12.3. The number of fused-ring (bicyclic) bond motifs is 4. The average Bonchev–Trinajstić information content (AvgIpc) is 2.74. The molecule has 3 atom stereocenters. The highest BCUT2D eigenvalue weighted by Gasteiger charge is 2.54. The van der Waals surface area contributed by atoms with Crippen LogP contribution in [0.4, 0.5) is 11.4 Å². The summed E-state index contributed by atoms with van der Waals surface area (Å²) < 4.78 is 0. The minimum absolute atomic E-state index is 0.0750. The Kier molecular flexibility index (Phi) is 2.38. The van der Waals surface area contributed by atoms with Crippen molar-refractivity contribution in [1.82, 2.24) is 0 Å². The first-order valence-corrected chi connectivity index (χ1v) is 7.32. The van der Waals surface area contributed by atoms with Crippen molar-refractivity contribution >= 4 is 11.4 Å². The second-order valence-electron chi connectivity index (χ2n) is 6.14. The maximum Gasteiger partial charge on any atom is 0.110 e. The van der Waals surface area contributed by atoms with E-state index in [1.54, 1.807) is 0 Å². The predicted octanol–water partition coefficient (Wildman–Crippen LogP) is 3.56. The van der Waals surface area contributed by atoms with Gasteiger partial charge >= 0.3 is 0 Å². The number of hydrogen-bond donors (Lipinski definition) is 1. The molecule has 0 saturated heterocycles. The number of benzene rings is 2. The zero-order valence-electron chi connectivity index (χ0n) is 12.3. The van der Waals surface area contributed by atoms with Gasteiger partial charge in [-0.25, -0.2) is 0 Å². The van der Waals surface area contributed by atoms with Crippen LogP contribution in [0.2, 0.25) is 0 Å². The van der Waals surface area contributed by atoms with Crippen molar-refractivity contribution < 1.29 is 0 Å². The summed E-state index contributed by atoms with van der Waals surface area (Å²) in [6, 6.07) is 17.0. The van der Waals surface area contributed by atoms with Crippen LogP contribution in [0.3, 0.4) is 0 Å². The fraction of sp³-hybridized carbons (Fsp3) is 0.263. The molecule has 0 aromatic heterocycles. The van der Waals surface area contributed by atoms with Crippen LogP contribution < -0.4 is 10.2 Å². The number of terminal acetylenes is 1. The predicted molar refractivity (Wildman–Crippen MR) is 87.6 cm³/mol. The van der Waals surface area contributed by atoms with E-state index in [1.165, 1.54) is 16.8 Å². The van der Waals surface area contributed by atoms with Crippen molar-refractivity contribution in [2.75, 3.05) is 17.3 Å². The van der Waals surface area contributed by atoms with Crippen LogP contribution >= 0.6 is 0 Å². The molecule has 2 aliphatic heterocycles. The molecule has 2 heteroatoms. The van der Waals surface area contributed by atoms with Gasteiger partial charge in [-0.15, -0.1) is 6.42 Å². The van der Waals surface area contributed by atoms with Gasteiger partial charge in [-0.3, -0.25) is 0 Å². The molecule has 0 bridgehead atoms. The number of rotatable bonds is 0. The third-order valence-corrected chi connectivity index (χ3v) is 5.15. The monoisotopic (exact) mass is 274 g/mol. The number of hydrogen-bond acceptors (Lipinski definition) is 2. The van der Waals surface area contributed by atoms with Crippen molar-refractivity contribution in [3.05, 3.63) is 59.7 Å². The van der Waals surface area contributed by atoms with Crippen molar-refractivity contribution in [1.29, 1.82) is 0 Å². The smallest absolute Gasteiger partial charge is 0.110 e. The highest BCUT2D eigenvalue weighted by atomic mass is 15.3. The van der Waals surface area contributed by atoms with Gasteiger partial charge in [-0.05, 0) is 23.3 Å². The van der Waals surface area contributed by atoms with Crippen LogP contribution in [-0.2, 0) is 5.41 Å². The normalized spacial score (nSPS) is 28.9. The summed E-state index contributed by atoms with van der Waals surface area (Å²) in [5.41, 5.74) is 4.87. The first-order valence-electron chi connectivity index (χ1n) is 7.32. The molecule has 4 rings (SSSR count). The maximum absolute atomic E-state index is 5.97. The summed E-state index contributed by atoms with van der Waals surface area (Å²) in [6.45, 7) is 2.29. The summed E-state index contributed by atoms with van der Waals surface area (Å²) in [4.78, 5) is 2.32. The van der Waals surface area contributed by atoms with Gasteiger partial charge in [0.05, 0.1) is 11.3 Å². The second kappa shape index (κ2) is 4.05. The molecule has 0 spiro atoms. The number of anilines is 2. The first kappa shape index (κ1) is 12.3. The Labute approximate surface area is 125 Å². The molecule has 2 aromatic carbocycles. The van der Waals surface area contributed by atoms with Gasteiger partial charge in [0.1, 0.15) is 6.17 Å². The maximum atomic E-state index is 5.97. The van der Waals surface area contributed by atoms with Crippen LogP contribution in [0.5, 0.6) is 0 Å². The largest absolute Gasteiger partial charge is 0.364 e. The fourth-order valence-corrected chi connectivity index (χ4v) is 4.10. The van der Waals surface area contributed by atoms with E-state index in [9.17, 15) is 0 Å². The molecule has 0 fully saturated rings.